The number of hydrogen-bond acceptors (Lipinski definition) is 5. The highest BCUT2D eigenvalue weighted by Crippen LogP contribution is 2.36. The Bertz CT molecular complexity index is 692. The number of para-hydroxylation sites is 1. The molecule has 1 fully saturated rings. The quantitative estimate of drug-likeness (QED) is 0.803. The van der Waals surface area contributed by atoms with Crippen molar-refractivity contribution in [3.05, 3.63) is 48.2 Å². The Hall–Kier alpha value is -2.40. The fraction of sp³-hybridized carbons (Fsp3) is 0.250. The number of aliphatic imine (C=N–C) groups is 1. The summed E-state index contributed by atoms with van der Waals surface area (Å²) in [5.74, 6) is 2.35. The van der Waals surface area contributed by atoms with Gasteiger partial charge in [-0.1, -0.05) is 12.1 Å². The van der Waals surface area contributed by atoms with Crippen LogP contribution < -0.4 is 10.1 Å². The number of pyridine rings is 1. The smallest absolute Gasteiger partial charge is 0.245 e. The normalized spacial score (nSPS) is 17.1. The third kappa shape index (κ3) is 2.25. The number of benzene rings is 1. The number of aromatic nitrogens is 1. The molecule has 0 bridgehead atoms. The predicted octanol–water partition coefficient (Wildman–Crippen LogP) is 2.17. The lowest BCUT2D eigenvalue weighted by molar-refractivity contribution is 0.357. The summed E-state index contributed by atoms with van der Waals surface area (Å²) in [7, 11) is 0. The standard InChI is InChI=1S/C16H16N4O/c1-2-6-14-12(4-1)15(20-10-8-17-9-11-20)19-13-5-3-7-18-16(13)21-14/h1-7,17H,8-11H2. The summed E-state index contributed by atoms with van der Waals surface area (Å²) in [4.78, 5) is 11.4. The van der Waals surface area contributed by atoms with Gasteiger partial charge in [-0.15, -0.1) is 0 Å². The van der Waals surface area contributed by atoms with Crippen molar-refractivity contribution in [1.29, 1.82) is 0 Å². The van der Waals surface area contributed by atoms with E-state index in [9.17, 15) is 0 Å². The molecule has 0 saturated carbocycles. The molecule has 4 rings (SSSR count). The number of ether oxygens (including phenoxy) is 1. The van der Waals surface area contributed by atoms with Crippen LogP contribution in [0.15, 0.2) is 47.6 Å². The maximum absolute atomic E-state index is 5.96. The van der Waals surface area contributed by atoms with Gasteiger partial charge in [-0.25, -0.2) is 9.98 Å². The predicted molar refractivity (Wildman–Crippen MR) is 81.4 cm³/mol. The molecule has 1 aromatic carbocycles. The van der Waals surface area contributed by atoms with E-state index in [0.29, 0.717) is 5.88 Å². The van der Waals surface area contributed by atoms with E-state index in [0.717, 1.165) is 49.0 Å². The molecule has 3 heterocycles. The second-order valence-corrected chi connectivity index (χ2v) is 5.10. The van der Waals surface area contributed by atoms with Crippen molar-refractivity contribution in [1.82, 2.24) is 15.2 Å². The first kappa shape index (κ1) is 12.3. The highest BCUT2D eigenvalue weighted by molar-refractivity contribution is 6.03. The Morgan fingerprint density at radius 3 is 2.81 bits per heavy atom. The second kappa shape index (κ2) is 5.18. The third-order valence-corrected chi connectivity index (χ3v) is 3.73. The third-order valence-electron chi connectivity index (χ3n) is 3.73. The topological polar surface area (TPSA) is 49.8 Å². The van der Waals surface area contributed by atoms with Crippen molar-refractivity contribution in [2.45, 2.75) is 0 Å². The van der Waals surface area contributed by atoms with Gasteiger partial charge in [0.1, 0.15) is 17.3 Å². The van der Waals surface area contributed by atoms with Crippen LogP contribution in [-0.4, -0.2) is 41.9 Å². The first-order valence-corrected chi connectivity index (χ1v) is 7.18. The largest absolute Gasteiger partial charge is 0.436 e. The van der Waals surface area contributed by atoms with Crippen LogP contribution in [0.25, 0.3) is 0 Å². The van der Waals surface area contributed by atoms with Crippen molar-refractivity contribution in [3.8, 4) is 11.6 Å². The van der Waals surface area contributed by atoms with Crippen molar-refractivity contribution in [2.24, 2.45) is 4.99 Å². The van der Waals surface area contributed by atoms with Gasteiger partial charge in [-0.2, -0.15) is 0 Å². The SMILES string of the molecule is c1cnc2c(c1)N=C(N1CCNCC1)c1ccccc1O2. The molecule has 0 aliphatic carbocycles. The lowest BCUT2D eigenvalue weighted by Gasteiger charge is -2.30. The summed E-state index contributed by atoms with van der Waals surface area (Å²) in [6.45, 7) is 3.84. The van der Waals surface area contributed by atoms with E-state index >= 15 is 0 Å². The Morgan fingerprint density at radius 2 is 1.90 bits per heavy atom. The average molecular weight is 280 g/mol. The molecule has 5 heteroatoms. The van der Waals surface area contributed by atoms with E-state index in [4.69, 9.17) is 9.73 Å². The van der Waals surface area contributed by atoms with E-state index in [1.165, 1.54) is 0 Å². The van der Waals surface area contributed by atoms with Gasteiger partial charge in [0.15, 0.2) is 0 Å². The van der Waals surface area contributed by atoms with Crippen LogP contribution in [0.2, 0.25) is 0 Å². The molecule has 21 heavy (non-hydrogen) atoms. The number of hydrogen-bond donors (Lipinski definition) is 1. The summed E-state index contributed by atoms with van der Waals surface area (Å²) in [6, 6.07) is 11.8. The molecular weight excluding hydrogens is 264 g/mol. The Morgan fingerprint density at radius 1 is 1.05 bits per heavy atom. The molecule has 2 aliphatic heterocycles. The Kier molecular flexibility index (Phi) is 3.05. The van der Waals surface area contributed by atoms with E-state index in [-0.39, 0.29) is 0 Å². The van der Waals surface area contributed by atoms with Crippen molar-refractivity contribution in [2.75, 3.05) is 26.2 Å². The van der Waals surface area contributed by atoms with Gasteiger partial charge in [0.05, 0.1) is 5.56 Å². The molecule has 5 nitrogen and oxygen atoms in total. The maximum Gasteiger partial charge on any atom is 0.245 e. The molecule has 1 aromatic heterocycles. The van der Waals surface area contributed by atoms with Crippen LogP contribution in [0.3, 0.4) is 0 Å². The highest BCUT2D eigenvalue weighted by atomic mass is 16.5. The molecule has 2 aromatic rings. The molecule has 0 unspecified atom stereocenters. The summed E-state index contributed by atoms with van der Waals surface area (Å²) < 4.78 is 5.96. The summed E-state index contributed by atoms with van der Waals surface area (Å²) in [5, 5.41) is 3.37. The van der Waals surface area contributed by atoms with Gasteiger partial charge >= 0.3 is 0 Å². The zero-order valence-electron chi connectivity index (χ0n) is 11.6. The number of rotatable bonds is 0. The van der Waals surface area contributed by atoms with Crippen LogP contribution in [0.1, 0.15) is 5.56 Å². The van der Waals surface area contributed by atoms with E-state index in [1.54, 1.807) is 6.20 Å². The Labute approximate surface area is 123 Å². The number of fused-ring (bicyclic) bond motifs is 2. The van der Waals surface area contributed by atoms with Crippen molar-refractivity contribution < 1.29 is 4.74 Å². The molecule has 0 radical (unpaired) electrons. The summed E-state index contributed by atoms with van der Waals surface area (Å²) in [6.07, 6.45) is 1.73. The fourth-order valence-corrected chi connectivity index (χ4v) is 2.68. The van der Waals surface area contributed by atoms with Crippen LogP contribution in [0.4, 0.5) is 5.69 Å². The van der Waals surface area contributed by atoms with Gasteiger partial charge in [-0.05, 0) is 24.3 Å². The first-order chi connectivity index (χ1) is 10.4. The molecule has 0 atom stereocenters. The zero-order valence-corrected chi connectivity index (χ0v) is 11.6. The molecule has 1 saturated heterocycles. The van der Waals surface area contributed by atoms with Crippen LogP contribution in [-0.2, 0) is 0 Å². The zero-order chi connectivity index (χ0) is 14.1. The molecule has 2 aliphatic rings. The van der Waals surface area contributed by atoms with Gasteiger partial charge in [0.25, 0.3) is 0 Å². The average Bonchev–Trinajstić information content (AvgIpc) is 2.72. The number of piperazine rings is 1. The monoisotopic (exact) mass is 280 g/mol. The van der Waals surface area contributed by atoms with E-state index < -0.39 is 0 Å². The van der Waals surface area contributed by atoms with E-state index in [1.807, 2.05) is 30.3 Å². The van der Waals surface area contributed by atoms with Gasteiger partial charge in [0, 0.05) is 32.4 Å². The molecule has 0 spiro atoms. The molecular formula is C16H16N4O. The lowest BCUT2D eigenvalue weighted by Crippen LogP contribution is -2.46. The minimum atomic E-state index is 0.565. The van der Waals surface area contributed by atoms with Gasteiger partial charge < -0.3 is 15.0 Å². The van der Waals surface area contributed by atoms with E-state index in [2.05, 4.69) is 21.3 Å². The first-order valence-electron chi connectivity index (χ1n) is 7.18. The lowest BCUT2D eigenvalue weighted by atomic mass is 10.1. The van der Waals surface area contributed by atoms with Crippen LogP contribution >= 0.6 is 0 Å². The van der Waals surface area contributed by atoms with Crippen molar-refractivity contribution in [3.63, 3.8) is 0 Å². The summed E-state index contributed by atoms with van der Waals surface area (Å²) in [5.41, 5.74) is 1.81. The molecule has 1 N–H and O–H groups in total. The number of amidine groups is 1. The van der Waals surface area contributed by atoms with Gasteiger partial charge in [0.2, 0.25) is 5.88 Å². The minimum Gasteiger partial charge on any atom is -0.436 e. The van der Waals surface area contributed by atoms with Gasteiger partial charge in [-0.3, -0.25) is 0 Å². The Balaban J connectivity index is 1.87. The van der Waals surface area contributed by atoms with Crippen LogP contribution in [0.5, 0.6) is 11.6 Å². The molecule has 106 valence electrons. The molecule has 0 amide bonds. The van der Waals surface area contributed by atoms with Crippen LogP contribution in [0, 0.1) is 0 Å². The fourth-order valence-electron chi connectivity index (χ4n) is 2.68. The number of nitrogens with one attached hydrogen (secondary N) is 1. The summed E-state index contributed by atoms with van der Waals surface area (Å²) >= 11 is 0. The second-order valence-electron chi connectivity index (χ2n) is 5.10. The van der Waals surface area contributed by atoms with Crippen molar-refractivity contribution >= 4 is 11.5 Å². The maximum atomic E-state index is 5.96. The minimum absolute atomic E-state index is 0.565. The number of nitrogens with zero attached hydrogens (tertiary/aromatic N) is 3. The highest BCUT2D eigenvalue weighted by Gasteiger charge is 2.23.